The third kappa shape index (κ3) is 4.19. The first kappa shape index (κ1) is 14.8. The molecule has 116 valence electrons. The van der Waals surface area contributed by atoms with Crippen LogP contribution in [0.5, 0.6) is 0 Å². The normalized spacial score (nSPS) is 20.3. The van der Waals surface area contributed by atoms with Crippen molar-refractivity contribution < 1.29 is 0 Å². The molecule has 2 aliphatic rings. The van der Waals surface area contributed by atoms with Crippen LogP contribution in [0.15, 0.2) is 4.99 Å². The summed E-state index contributed by atoms with van der Waals surface area (Å²) in [5.41, 5.74) is 7.33. The maximum Gasteiger partial charge on any atom is 0.188 e. The SMILES string of the molecule is NC(=NCCc1nc2c(s1)CCCC2)NC1CCCCC1. The fourth-order valence-electron chi connectivity index (χ4n) is 3.29. The van der Waals surface area contributed by atoms with Gasteiger partial charge in [-0.05, 0) is 38.5 Å². The highest BCUT2D eigenvalue weighted by Gasteiger charge is 2.15. The zero-order chi connectivity index (χ0) is 14.5. The van der Waals surface area contributed by atoms with Gasteiger partial charge in [-0.2, -0.15) is 0 Å². The number of fused-ring (bicyclic) bond motifs is 1. The zero-order valence-corrected chi connectivity index (χ0v) is 13.6. The summed E-state index contributed by atoms with van der Waals surface area (Å²) >= 11 is 1.88. The summed E-state index contributed by atoms with van der Waals surface area (Å²) in [6.45, 7) is 0.748. The highest BCUT2D eigenvalue weighted by molar-refractivity contribution is 7.11. The molecule has 0 bridgehead atoms. The van der Waals surface area contributed by atoms with Crippen molar-refractivity contribution in [2.45, 2.75) is 70.3 Å². The summed E-state index contributed by atoms with van der Waals surface area (Å²) in [7, 11) is 0. The van der Waals surface area contributed by atoms with Gasteiger partial charge in [0.2, 0.25) is 0 Å². The number of aryl methyl sites for hydroxylation is 2. The van der Waals surface area contributed by atoms with Crippen LogP contribution in [0.1, 0.15) is 60.5 Å². The molecule has 0 aromatic carbocycles. The molecule has 1 heterocycles. The number of guanidine groups is 1. The van der Waals surface area contributed by atoms with Gasteiger partial charge >= 0.3 is 0 Å². The molecule has 3 rings (SSSR count). The number of rotatable bonds is 4. The van der Waals surface area contributed by atoms with Gasteiger partial charge in [-0.25, -0.2) is 4.98 Å². The Morgan fingerprint density at radius 1 is 1.19 bits per heavy atom. The average Bonchev–Trinajstić information content (AvgIpc) is 2.91. The second kappa shape index (κ2) is 7.25. The lowest BCUT2D eigenvalue weighted by atomic mass is 9.96. The lowest BCUT2D eigenvalue weighted by molar-refractivity contribution is 0.412. The number of nitrogens with one attached hydrogen (secondary N) is 1. The van der Waals surface area contributed by atoms with E-state index in [4.69, 9.17) is 10.7 Å². The molecular formula is C16H26N4S. The summed E-state index contributed by atoms with van der Waals surface area (Å²) in [5, 5.41) is 4.60. The first-order valence-electron chi connectivity index (χ1n) is 8.35. The molecule has 2 aliphatic carbocycles. The van der Waals surface area contributed by atoms with E-state index in [0.29, 0.717) is 12.0 Å². The minimum Gasteiger partial charge on any atom is -0.370 e. The Morgan fingerprint density at radius 2 is 2.00 bits per heavy atom. The molecule has 21 heavy (non-hydrogen) atoms. The molecular weight excluding hydrogens is 280 g/mol. The van der Waals surface area contributed by atoms with Crippen LogP contribution in [0.3, 0.4) is 0 Å². The van der Waals surface area contributed by atoms with Crippen LogP contribution in [0.25, 0.3) is 0 Å². The van der Waals surface area contributed by atoms with Gasteiger partial charge in [-0.1, -0.05) is 19.3 Å². The first-order valence-corrected chi connectivity index (χ1v) is 9.17. The number of nitrogens with zero attached hydrogens (tertiary/aromatic N) is 2. The van der Waals surface area contributed by atoms with Gasteiger partial charge in [-0.3, -0.25) is 4.99 Å². The number of aromatic nitrogens is 1. The number of aliphatic imine (C=N–C) groups is 1. The molecule has 4 nitrogen and oxygen atoms in total. The van der Waals surface area contributed by atoms with Gasteiger partial charge in [-0.15, -0.1) is 11.3 Å². The molecule has 1 aromatic heterocycles. The third-order valence-corrected chi connectivity index (χ3v) is 5.67. The Morgan fingerprint density at radius 3 is 2.81 bits per heavy atom. The van der Waals surface area contributed by atoms with Crippen molar-refractivity contribution in [2.24, 2.45) is 10.7 Å². The molecule has 5 heteroatoms. The van der Waals surface area contributed by atoms with E-state index in [1.807, 2.05) is 11.3 Å². The van der Waals surface area contributed by atoms with Crippen LogP contribution in [-0.4, -0.2) is 23.5 Å². The highest BCUT2D eigenvalue weighted by Crippen LogP contribution is 2.26. The molecule has 0 radical (unpaired) electrons. The van der Waals surface area contributed by atoms with Gasteiger partial charge in [0.1, 0.15) is 0 Å². The minimum atomic E-state index is 0.537. The van der Waals surface area contributed by atoms with Crippen molar-refractivity contribution in [3.63, 3.8) is 0 Å². The Balaban J connectivity index is 1.45. The van der Waals surface area contributed by atoms with Crippen molar-refractivity contribution >= 4 is 17.3 Å². The topological polar surface area (TPSA) is 63.3 Å². The number of nitrogens with two attached hydrogens (primary N) is 1. The maximum atomic E-state index is 5.99. The van der Waals surface area contributed by atoms with Crippen LogP contribution in [-0.2, 0) is 19.3 Å². The van der Waals surface area contributed by atoms with Crippen LogP contribution in [0.2, 0.25) is 0 Å². The van der Waals surface area contributed by atoms with E-state index in [9.17, 15) is 0 Å². The summed E-state index contributed by atoms with van der Waals surface area (Å²) < 4.78 is 0. The molecule has 0 atom stereocenters. The van der Waals surface area contributed by atoms with E-state index in [2.05, 4.69) is 10.3 Å². The van der Waals surface area contributed by atoms with E-state index in [1.54, 1.807) is 0 Å². The van der Waals surface area contributed by atoms with Crippen LogP contribution >= 0.6 is 11.3 Å². The van der Waals surface area contributed by atoms with E-state index in [-0.39, 0.29) is 0 Å². The van der Waals surface area contributed by atoms with Gasteiger partial charge in [0, 0.05) is 23.9 Å². The number of thiazole rings is 1. The number of hydrogen-bond acceptors (Lipinski definition) is 3. The maximum absolute atomic E-state index is 5.99. The third-order valence-electron chi connectivity index (χ3n) is 4.45. The molecule has 1 fully saturated rings. The highest BCUT2D eigenvalue weighted by atomic mass is 32.1. The van der Waals surface area contributed by atoms with Crippen LogP contribution in [0.4, 0.5) is 0 Å². The molecule has 0 aliphatic heterocycles. The smallest absolute Gasteiger partial charge is 0.188 e. The Labute approximate surface area is 131 Å². The van der Waals surface area contributed by atoms with E-state index < -0.39 is 0 Å². The molecule has 0 saturated heterocycles. The van der Waals surface area contributed by atoms with Crippen molar-refractivity contribution in [1.29, 1.82) is 0 Å². The zero-order valence-electron chi connectivity index (χ0n) is 12.7. The quantitative estimate of drug-likeness (QED) is 0.664. The summed E-state index contributed by atoms with van der Waals surface area (Å²) in [5.74, 6) is 0.614. The molecule has 1 aromatic rings. The van der Waals surface area contributed by atoms with Gasteiger partial charge in [0.05, 0.1) is 10.7 Å². The lowest BCUT2D eigenvalue weighted by Gasteiger charge is -2.23. The van der Waals surface area contributed by atoms with Crippen LogP contribution < -0.4 is 11.1 Å². The predicted molar refractivity (Wildman–Crippen MR) is 89.0 cm³/mol. The lowest BCUT2D eigenvalue weighted by Crippen LogP contribution is -2.41. The molecule has 0 spiro atoms. The summed E-state index contributed by atoms with van der Waals surface area (Å²) in [6, 6.07) is 0.537. The second-order valence-corrected chi connectivity index (χ2v) is 7.35. The largest absolute Gasteiger partial charge is 0.370 e. The van der Waals surface area contributed by atoms with Gasteiger partial charge in [0.25, 0.3) is 0 Å². The van der Waals surface area contributed by atoms with Crippen molar-refractivity contribution in [3.8, 4) is 0 Å². The Kier molecular flexibility index (Phi) is 5.12. The van der Waals surface area contributed by atoms with Gasteiger partial charge < -0.3 is 11.1 Å². The van der Waals surface area contributed by atoms with Crippen molar-refractivity contribution in [3.05, 3.63) is 15.6 Å². The summed E-state index contributed by atoms with van der Waals surface area (Å²) in [6.07, 6.45) is 12.4. The fourth-order valence-corrected chi connectivity index (χ4v) is 4.43. The van der Waals surface area contributed by atoms with E-state index in [0.717, 1.165) is 13.0 Å². The van der Waals surface area contributed by atoms with Gasteiger partial charge in [0.15, 0.2) is 5.96 Å². The van der Waals surface area contributed by atoms with Crippen LogP contribution in [0, 0.1) is 0 Å². The Hall–Kier alpha value is -1.10. The monoisotopic (exact) mass is 306 g/mol. The number of hydrogen-bond donors (Lipinski definition) is 2. The van der Waals surface area contributed by atoms with Crippen molar-refractivity contribution in [1.82, 2.24) is 10.3 Å². The molecule has 0 unspecified atom stereocenters. The van der Waals surface area contributed by atoms with Crippen molar-refractivity contribution in [2.75, 3.05) is 6.54 Å². The second-order valence-electron chi connectivity index (χ2n) is 6.18. The molecule has 1 saturated carbocycles. The average molecular weight is 306 g/mol. The Bertz CT molecular complexity index is 465. The fraction of sp³-hybridized carbons (Fsp3) is 0.750. The molecule has 0 amide bonds. The van der Waals surface area contributed by atoms with E-state index in [1.165, 1.54) is 73.4 Å². The predicted octanol–water partition coefficient (Wildman–Crippen LogP) is 2.80. The van der Waals surface area contributed by atoms with E-state index >= 15 is 0 Å². The first-order chi connectivity index (χ1) is 10.3. The summed E-state index contributed by atoms with van der Waals surface area (Å²) in [4.78, 5) is 10.7. The molecule has 3 N–H and O–H groups in total. The minimum absolute atomic E-state index is 0.537. The standard InChI is InChI=1S/C16H26N4S/c17-16(19-12-6-2-1-3-7-12)18-11-10-15-20-13-8-4-5-9-14(13)21-15/h12H,1-11H2,(H3,17,18,19).